The maximum atomic E-state index is 11.8. The van der Waals surface area contributed by atoms with Gasteiger partial charge in [-0.15, -0.1) is 0 Å². The molecule has 0 radical (unpaired) electrons. The molecule has 30 heteroatoms. The maximum absolute atomic E-state index is 11.8. The predicted octanol–water partition coefficient (Wildman–Crippen LogP) is -5.63. The molecule has 0 spiro atoms. The summed E-state index contributed by atoms with van der Waals surface area (Å²) in [5.41, 5.74) is 0. The topological polar surface area (TPSA) is 434 Å². The molecule has 22 heterocycles. The van der Waals surface area contributed by atoms with Crippen LogP contribution >= 0.6 is 23.5 Å². The Balaban J connectivity index is 1.19. The lowest BCUT2D eigenvalue weighted by Gasteiger charge is -2.51. The second-order valence-corrected chi connectivity index (χ2v) is 23.8. The molecule has 22 aliphatic rings. The van der Waals surface area contributed by atoms with Gasteiger partial charge in [-0.1, -0.05) is 65.2 Å². The maximum Gasteiger partial charge on any atom is 0.187 e. The number of thioether (sulfide) groups is 2. The highest BCUT2D eigenvalue weighted by Crippen LogP contribution is 2.39. The van der Waals surface area contributed by atoms with Gasteiger partial charge in [0.2, 0.25) is 0 Å². The summed E-state index contributed by atoms with van der Waals surface area (Å²) in [6.45, 7) is 0.447. The van der Waals surface area contributed by atoms with Crippen LogP contribution in [0.4, 0.5) is 0 Å². The van der Waals surface area contributed by atoms with E-state index >= 15 is 0 Å². The molecule has 30 atom stereocenters. The second kappa shape index (κ2) is 32.0. The molecular formula is C50H88O28S2. The van der Waals surface area contributed by atoms with E-state index in [4.69, 9.17) is 56.8 Å². The van der Waals surface area contributed by atoms with Gasteiger partial charge in [-0.2, -0.15) is 23.5 Å². The zero-order chi connectivity index (χ0) is 57.9. The molecule has 0 aromatic rings. The van der Waals surface area contributed by atoms with Crippen LogP contribution in [0.15, 0.2) is 0 Å². The van der Waals surface area contributed by atoms with Crippen molar-refractivity contribution in [1.82, 2.24) is 0 Å². The smallest absolute Gasteiger partial charge is 0.187 e. The molecule has 22 saturated heterocycles. The molecule has 468 valence electrons. The van der Waals surface area contributed by atoms with Crippen molar-refractivity contribution in [3.05, 3.63) is 0 Å². The van der Waals surface area contributed by atoms with Crippen molar-refractivity contribution < 1.29 is 139 Å². The lowest BCUT2D eigenvalue weighted by atomic mass is 9.95. The molecule has 0 saturated carbocycles. The summed E-state index contributed by atoms with van der Waals surface area (Å²) < 4.78 is 71.9. The molecule has 0 aromatic heterocycles. The van der Waals surface area contributed by atoms with Gasteiger partial charge < -0.3 is 139 Å². The Bertz CT molecular complexity index is 1640. The third-order valence-corrected chi connectivity index (χ3v) is 17.9. The Morgan fingerprint density at radius 3 is 0.662 bits per heavy atom. The summed E-state index contributed by atoms with van der Waals surface area (Å²) in [5.74, 6) is 1.31. The fourth-order valence-corrected chi connectivity index (χ4v) is 13.1. The Hall–Kier alpha value is -0.420. The fraction of sp³-hybridized carbons (Fsp3) is 1.00. The van der Waals surface area contributed by atoms with Crippen LogP contribution in [0.5, 0.6) is 0 Å². The van der Waals surface area contributed by atoms with Gasteiger partial charge >= 0.3 is 0 Å². The fourth-order valence-electron chi connectivity index (χ4n) is 10.9. The summed E-state index contributed by atoms with van der Waals surface area (Å²) >= 11 is 2.76. The zero-order valence-electron chi connectivity index (χ0n) is 44.9. The third kappa shape index (κ3) is 15.8. The van der Waals surface area contributed by atoms with Crippen LogP contribution in [-0.4, -0.2) is 315 Å². The monoisotopic (exact) mass is 1200 g/mol. The van der Waals surface area contributed by atoms with E-state index in [2.05, 4.69) is 13.8 Å². The van der Waals surface area contributed by atoms with Crippen LogP contribution in [-0.2, 0) is 56.8 Å². The number of hydrogen-bond acceptors (Lipinski definition) is 30. The van der Waals surface area contributed by atoms with Gasteiger partial charge in [0.25, 0.3) is 0 Å². The van der Waals surface area contributed by atoms with Gasteiger partial charge in [-0.3, -0.25) is 0 Å². The van der Waals surface area contributed by atoms with E-state index in [1.54, 1.807) is 0 Å². The molecule has 0 aliphatic carbocycles. The zero-order valence-corrected chi connectivity index (χ0v) is 46.6. The summed E-state index contributed by atoms with van der Waals surface area (Å²) in [4.78, 5) is 0. The van der Waals surface area contributed by atoms with E-state index in [0.29, 0.717) is 11.5 Å². The van der Waals surface area contributed by atoms with Gasteiger partial charge in [0.1, 0.15) is 134 Å². The number of unbranched alkanes of at least 4 members (excludes halogenated alkanes) is 8. The van der Waals surface area contributed by atoms with Crippen molar-refractivity contribution in [3.63, 3.8) is 0 Å². The summed E-state index contributed by atoms with van der Waals surface area (Å²) in [6.07, 6.45) is -45.1. The second-order valence-electron chi connectivity index (χ2n) is 21.5. The van der Waals surface area contributed by atoms with E-state index in [9.17, 15) is 81.7 Å². The van der Waals surface area contributed by atoms with Crippen molar-refractivity contribution in [2.24, 2.45) is 0 Å². The summed E-state index contributed by atoms with van der Waals surface area (Å²) in [5, 5.41) is 181. The highest BCUT2D eigenvalue weighted by atomic mass is 32.2. The molecule has 80 heavy (non-hydrogen) atoms. The summed E-state index contributed by atoms with van der Waals surface area (Å²) in [6, 6.07) is 0. The molecule has 0 amide bonds. The van der Waals surface area contributed by atoms with E-state index in [-0.39, 0.29) is 11.5 Å². The molecule has 22 fully saturated rings. The van der Waals surface area contributed by atoms with Crippen molar-refractivity contribution in [2.45, 2.75) is 262 Å². The minimum absolute atomic E-state index is 0.0474. The number of rotatable bonds is 20. The third-order valence-electron chi connectivity index (χ3n) is 15.7. The minimum atomic E-state index is -2.08. The van der Waals surface area contributed by atoms with Crippen LogP contribution in [0.25, 0.3) is 0 Å². The van der Waals surface area contributed by atoms with Gasteiger partial charge in [-0.25, -0.2) is 0 Å². The molecule has 0 aromatic carbocycles. The van der Waals surface area contributed by atoms with Crippen LogP contribution < -0.4 is 0 Å². The van der Waals surface area contributed by atoms with Gasteiger partial charge in [0.05, 0.1) is 38.6 Å². The predicted molar refractivity (Wildman–Crippen MR) is 274 cm³/mol. The van der Waals surface area contributed by atoms with Crippen molar-refractivity contribution in [3.8, 4) is 0 Å². The average Bonchev–Trinajstić information content (AvgIpc) is 3.46. The first-order valence-corrected chi connectivity index (χ1v) is 30.3. The van der Waals surface area contributed by atoms with Crippen molar-refractivity contribution >= 4 is 23.5 Å². The first-order valence-electron chi connectivity index (χ1n) is 28.0. The van der Waals surface area contributed by atoms with E-state index in [0.717, 1.165) is 64.2 Å². The van der Waals surface area contributed by atoms with Crippen LogP contribution in [0, 0.1) is 0 Å². The molecule has 28 nitrogen and oxygen atoms in total. The first-order chi connectivity index (χ1) is 38.4. The normalized spacial score (nSPS) is 47.8. The molecule has 16 N–H and O–H groups in total. The number of aliphatic hydroxyl groups excluding tert-OH is 16. The Labute approximate surface area is 472 Å². The Morgan fingerprint density at radius 1 is 0.250 bits per heavy atom. The molecule has 12 bridgehead atoms. The number of aliphatic hydroxyl groups is 16. The van der Waals surface area contributed by atoms with Crippen molar-refractivity contribution in [2.75, 3.05) is 49.4 Å². The van der Waals surface area contributed by atoms with Gasteiger partial charge in [0, 0.05) is 11.5 Å². The number of hydrogen-bond donors (Lipinski definition) is 16. The minimum Gasteiger partial charge on any atom is -0.394 e. The Morgan fingerprint density at radius 2 is 0.450 bits per heavy atom. The van der Waals surface area contributed by atoms with Crippen LogP contribution in [0.3, 0.4) is 0 Å². The standard InChI is InChI=1S/C50H88O28S2/c1-3-5-7-9-11-13-79-19-25-43-31(59)37(65)49(71-25)75-41-23(17-53)67-45(33(61)27(41)55)74-40-22(16-52)70-48(36(64)30(40)58)78-44-26(20-80-14-12-10-8-6-4-2)72-50(38(66)32(44)60)76-42-24(18-54)68-46(34(62)28(42)56)73-39-21(15-51)69-47(77-43)35(63)29(39)57/h21-66H,3-20H2,1-2H3/t21-,22-,23-,24-,25-,26-,27-,28-,29-,30-,31-,32-,33-,34-,35-,36-,37-,38-,39-,40-,41-,42-,43-,44-,45-,46-,47-,48-,49-,50-/m1/s1. The highest BCUT2D eigenvalue weighted by molar-refractivity contribution is 7.99. The molecular weight excluding hydrogens is 1110 g/mol. The van der Waals surface area contributed by atoms with Gasteiger partial charge in [-0.05, 0) is 24.3 Å². The lowest BCUT2D eigenvalue weighted by molar-refractivity contribution is -0.401. The van der Waals surface area contributed by atoms with Crippen LogP contribution in [0.1, 0.15) is 78.1 Å². The first kappa shape index (κ1) is 67.1. The van der Waals surface area contributed by atoms with Crippen molar-refractivity contribution in [1.29, 1.82) is 0 Å². The highest BCUT2D eigenvalue weighted by Gasteiger charge is 2.59. The quantitative estimate of drug-likeness (QED) is 0.0505. The largest absolute Gasteiger partial charge is 0.394 e. The summed E-state index contributed by atoms with van der Waals surface area (Å²) in [7, 11) is 0. The van der Waals surface area contributed by atoms with E-state index in [1.165, 1.54) is 23.5 Å². The molecule has 0 unspecified atom stereocenters. The molecule has 22 rings (SSSR count). The Kier molecular flexibility index (Phi) is 26.8. The van der Waals surface area contributed by atoms with Crippen LogP contribution in [0.2, 0.25) is 0 Å². The van der Waals surface area contributed by atoms with Gasteiger partial charge in [0.15, 0.2) is 37.7 Å². The van der Waals surface area contributed by atoms with E-state index < -0.39 is 211 Å². The average molecular weight is 1200 g/mol. The number of ether oxygens (including phenoxy) is 12. The van der Waals surface area contributed by atoms with E-state index in [1.807, 2.05) is 0 Å². The molecule has 22 aliphatic heterocycles. The lowest BCUT2D eigenvalue weighted by Crippen LogP contribution is -2.69. The SMILES string of the molecule is CCCCCCCSC[C@H]1O[C@@H]2O[C@H]3[C@H](O)[C@@H](O)[C@@H](O[C@H]4[C@H](O)[C@@H](O)[C@@H](O[C@H]5[C@H](O)[C@@H](O)[C@@H](O[C@H]6[C@H](O)[C@@H](O)[C@@H](O[C@H]7[C@H](O)[C@@H](O)[C@@H](O[C@H]1[C@H](O)[C@H]2O)O[C@@H]7CO)O[C@@H]6CO)O[C@@H]5CSCCCCCCC)O[C@@H]4CO)O[C@@H]3CO.